The summed E-state index contributed by atoms with van der Waals surface area (Å²) in [6, 6.07) is 21.9. The summed E-state index contributed by atoms with van der Waals surface area (Å²) >= 11 is 0. The largest absolute Gasteiger partial charge is 0.256 e. The molecule has 0 spiro atoms. The van der Waals surface area contributed by atoms with Crippen molar-refractivity contribution < 1.29 is 0 Å². The van der Waals surface area contributed by atoms with Gasteiger partial charge in [0.05, 0.1) is 5.69 Å². The number of rotatable bonds is 2. The molecule has 1 heteroatoms. The summed E-state index contributed by atoms with van der Waals surface area (Å²) in [4.78, 5) is 4.73. The highest BCUT2D eigenvalue weighted by molar-refractivity contribution is 6.11. The van der Waals surface area contributed by atoms with Crippen molar-refractivity contribution >= 4 is 21.5 Å². The summed E-state index contributed by atoms with van der Waals surface area (Å²) in [5, 5.41) is 5.05. The van der Waals surface area contributed by atoms with Crippen molar-refractivity contribution in [1.82, 2.24) is 4.98 Å². The maximum absolute atomic E-state index is 4.73. The van der Waals surface area contributed by atoms with E-state index in [1.165, 1.54) is 38.2 Å². The standard InChI is InChI=1S/C23H21N/c1-15(2)18-12-16(3)13-19(14-18)23-22-9-8-17-6-4-5-7-20(17)21(22)10-11-24-23/h4-15H,1-3H3. The molecular formula is C23H21N. The van der Waals surface area contributed by atoms with Crippen LogP contribution in [0.4, 0.5) is 0 Å². The molecular weight excluding hydrogens is 290 g/mol. The number of pyridine rings is 1. The summed E-state index contributed by atoms with van der Waals surface area (Å²) in [6.07, 6.45) is 1.93. The number of aryl methyl sites for hydroxylation is 1. The fraction of sp³-hybridized carbons (Fsp3) is 0.174. The topological polar surface area (TPSA) is 12.9 Å². The SMILES string of the molecule is Cc1cc(-c2nccc3c2ccc2ccccc23)cc(C(C)C)c1. The molecule has 0 atom stereocenters. The zero-order valence-corrected chi connectivity index (χ0v) is 14.4. The van der Waals surface area contributed by atoms with Gasteiger partial charge in [0.2, 0.25) is 0 Å². The van der Waals surface area contributed by atoms with E-state index in [1.54, 1.807) is 0 Å². The van der Waals surface area contributed by atoms with Gasteiger partial charge in [-0.25, -0.2) is 0 Å². The number of hydrogen-bond acceptors (Lipinski definition) is 1. The van der Waals surface area contributed by atoms with Gasteiger partial charge < -0.3 is 0 Å². The molecule has 24 heavy (non-hydrogen) atoms. The Morgan fingerprint density at radius 3 is 2.46 bits per heavy atom. The molecule has 0 saturated heterocycles. The van der Waals surface area contributed by atoms with Crippen LogP contribution >= 0.6 is 0 Å². The summed E-state index contributed by atoms with van der Waals surface area (Å²) < 4.78 is 0. The van der Waals surface area contributed by atoms with Crippen LogP contribution in [0.2, 0.25) is 0 Å². The minimum absolute atomic E-state index is 0.513. The van der Waals surface area contributed by atoms with E-state index in [1.807, 2.05) is 6.20 Å². The van der Waals surface area contributed by atoms with Crippen LogP contribution in [0.15, 0.2) is 66.9 Å². The van der Waals surface area contributed by atoms with Gasteiger partial charge in [-0.1, -0.05) is 61.9 Å². The molecule has 0 amide bonds. The molecule has 0 aliphatic heterocycles. The lowest BCUT2D eigenvalue weighted by atomic mass is 9.94. The highest BCUT2D eigenvalue weighted by Crippen LogP contribution is 2.33. The molecule has 3 aromatic carbocycles. The minimum Gasteiger partial charge on any atom is -0.256 e. The van der Waals surface area contributed by atoms with Crippen LogP contribution in [0, 0.1) is 6.92 Å². The molecule has 0 aliphatic carbocycles. The second-order valence-corrected chi connectivity index (χ2v) is 6.83. The van der Waals surface area contributed by atoms with E-state index in [9.17, 15) is 0 Å². The van der Waals surface area contributed by atoms with Gasteiger partial charge >= 0.3 is 0 Å². The Kier molecular flexibility index (Phi) is 3.57. The Bertz CT molecular complexity index is 1040. The number of benzene rings is 3. The highest BCUT2D eigenvalue weighted by atomic mass is 14.7. The lowest BCUT2D eigenvalue weighted by Gasteiger charge is -2.12. The monoisotopic (exact) mass is 311 g/mol. The molecule has 0 bridgehead atoms. The molecule has 0 N–H and O–H groups in total. The highest BCUT2D eigenvalue weighted by Gasteiger charge is 2.10. The van der Waals surface area contributed by atoms with Gasteiger partial charge in [0, 0.05) is 17.1 Å². The van der Waals surface area contributed by atoms with Gasteiger partial charge in [-0.15, -0.1) is 0 Å². The molecule has 0 radical (unpaired) electrons. The van der Waals surface area contributed by atoms with Gasteiger partial charge in [0.25, 0.3) is 0 Å². The van der Waals surface area contributed by atoms with E-state index >= 15 is 0 Å². The van der Waals surface area contributed by atoms with Crippen LogP contribution < -0.4 is 0 Å². The van der Waals surface area contributed by atoms with E-state index < -0.39 is 0 Å². The lowest BCUT2D eigenvalue weighted by molar-refractivity contribution is 0.865. The fourth-order valence-corrected chi connectivity index (χ4v) is 3.45. The Morgan fingerprint density at radius 2 is 1.62 bits per heavy atom. The van der Waals surface area contributed by atoms with Crippen molar-refractivity contribution in [3.63, 3.8) is 0 Å². The third kappa shape index (κ3) is 2.46. The first-order chi connectivity index (χ1) is 11.6. The first kappa shape index (κ1) is 14.9. The van der Waals surface area contributed by atoms with Crippen molar-refractivity contribution in [3.8, 4) is 11.3 Å². The number of fused-ring (bicyclic) bond motifs is 3. The van der Waals surface area contributed by atoms with Crippen LogP contribution in [0.1, 0.15) is 30.9 Å². The first-order valence-electron chi connectivity index (χ1n) is 8.52. The molecule has 0 fully saturated rings. The first-order valence-corrected chi connectivity index (χ1v) is 8.52. The van der Waals surface area contributed by atoms with Crippen molar-refractivity contribution in [3.05, 3.63) is 78.0 Å². The van der Waals surface area contributed by atoms with Crippen LogP contribution in [0.5, 0.6) is 0 Å². The van der Waals surface area contributed by atoms with Crippen molar-refractivity contribution in [1.29, 1.82) is 0 Å². The lowest BCUT2D eigenvalue weighted by Crippen LogP contribution is -1.93. The zero-order valence-electron chi connectivity index (χ0n) is 14.4. The third-order valence-corrected chi connectivity index (χ3v) is 4.71. The van der Waals surface area contributed by atoms with Gasteiger partial charge in [0.15, 0.2) is 0 Å². The molecule has 4 aromatic rings. The van der Waals surface area contributed by atoms with Crippen molar-refractivity contribution in [2.45, 2.75) is 26.7 Å². The number of nitrogens with zero attached hydrogens (tertiary/aromatic N) is 1. The number of aromatic nitrogens is 1. The minimum atomic E-state index is 0.513. The summed E-state index contributed by atoms with van der Waals surface area (Å²) in [7, 11) is 0. The normalized spacial score (nSPS) is 11.5. The summed E-state index contributed by atoms with van der Waals surface area (Å²) in [5.41, 5.74) is 4.93. The average molecular weight is 311 g/mol. The molecule has 118 valence electrons. The van der Waals surface area contributed by atoms with Crippen LogP contribution in [-0.2, 0) is 0 Å². The quantitative estimate of drug-likeness (QED) is 0.386. The average Bonchev–Trinajstić information content (AvgIpc) is 2.60. The number of hydrogen-bond donors (Lipinski definition) is 0. The molecule has 4 rings (SSSR count). The van der Waals surface area contributed by atoms with Gasteiger partial charge in [0.1, 0.15) is 0 Å². The van der Waals surface area contributed by atoms with Crippen LogP contribution in [-0.4, -0.2) is 4.98 Å². The molecule has 1 heterocycles. The molecule has 0 unspecified atom stereocenters. The maximum Gasteiger partial charge on any atom is 0.0780 e. The van der Waals surface area contributed by atoms with Gasteiger partial charge in [-0.3, -0.25) is 4.98 Å². The van der Waals surface area contributed by atoms with Gasteiger partial charge in [-0.05, 0) is 52.8 Å². The van der Waals surface area contributed by atoms with E-state index in [-0.39, 0.29) is 0 Å². The van der Waals surface area contributed by atoms with E-state index in [0.717, 1.165) is 5.69 Å². The molecule has 1 nitrogen and oxygen atoms in total. The second-order valence-electron chi connectivity index (χ2n) is 6.83. The predicted molar refractivity (Wildman–Crippen MR) is 104 cm³/mol. The fourth-order valence-electron chi connectivity index (χ4n) is 3.45. The van der Waals surface area contributed by atoms with E-state index in [2.05, 4.69) is 81.4 Å². The maximum atomic E-state index is 4.73. The molecule has 1 aromatic heterocycles. The summed E-state index contributed by atoms with van der Waals surface area (Å²) in [5.74, 6) is 0.513. The van der Waals surface area contributed by atoms with Gasteiger partial charge in [-0.2, -0.15) is 0 Å². The Hall–Kier alpha value is -2.67. The Morgan fingerprint density at radius 1 is 0.792 bits per heavy atom. The van der Waals surface area contributed by atoms with E-state index in [0.29, 0.717) is 5.92 Å². The second kappa shape index (κ2) is 5.76. The third-order valence-electron chi connectivity index (χ3n) is 4.71. The van der Waals surface area contributed by atoms with Crippen molar-refractivity contribution in [2.24, 2.45) is 0 Å². The van der Waals surface area contributed by atoms with Crippen molar-refractivity contribution in [2.75, 3.05) is 0 Å². The Labute approximate surface area is 143 Å². The molecule has 0 saturated carbocycles. The van der Waals surface area contributed by atoms with Crippen LogP contribution in [0.25, 0.3) is 32.8 Å². The zero-order chi connectivity index (χ0) is 16.7. The predicted octanol–water partition coefficient (Wildman–Crippen LogP) is 6.49. The smallest absolute Gasteiger partial charge is 0.0780 e. The van der Waals surface area contributed by atoms with Crippen LogP contribution in [0.3, 0.4) is 0 Å². The molecule has 0 aliphatic rings. The summed E-state index contributed by atoms with van der Waals surface area (Å²) in [6.45, 7) is 6.64. The van der Waals surface area contributed by atoms with E-state index in [4.69, 9.17) is 4.98 Å². The Balaban J connectivity index is 2.03.